The van der Waals surface area contributed by atoms with E-state index in [-0.39, 0.29) is 0 Å². The van der Waals surface area contributed by atoms with E-state index in [0.717, 1.165) is 64.4 Å². The van der Waals surface area contributed by atoms with Gasteiger partial charge in [0.15, 0.2) is 5.13 Å². The molecule has 0 unspecified atom stereocenters. The van der Waals surface area contributed by atoms with Crippen LogP contribution in [0.5, 0.6) is 0 Å². The Morgan fingerprint density at radius 1 is 1.08 bits per heavy atom. The predicted molar refractivity (Wildman–Crippen MR) is 110 cm³/mol. The summed E-state index contributed by atoms with van der Waals surface area (Å²) in [6.45, 7) is 5.12. The van der Waals surface area contributed by atoms with Gasteiger partial charge < -0.3 is 4.90 Å². The Morgan fingerprint density at radius 3 is 2.85 bits per heavy atom. The molecule has 1 aromatic carbocycles. The number of benzene rings is 1. The van der Waals surface area contributed by atoms with Crippen molar-refractivity contribution in [2.24, 2.45) is 0 Å². The average Bonchev–Trinajstić information content (AvgIpc) is 3.16. The molecule has 0 N–H and O–H groups in total. The van der Waals surface area contributed by atoms with Crippen molar-refractivity contribution < 1.29 is 0 Å². The third-order valence-electron chi connectivity index (χ3n) is 4.55. The van der Waals surface area contributed by atoms with Crippen molar-refractivity contribution in [2.45, 2.75) is 19.4 Å². The molecule has 1 aliphatic heterocycles. The fourth-order valence-electron chi connectivity index (χ4n) is 3.24. The first-order valence-electron chi connectivity index (χ1n) is 8.69. The predicted octanol–water partition coefficient (Wildman–Crippen LogP) is 4.79. The van der Waals surface area contributed by atoms with Gasteiger partial charge in [0.25, 0.3) is 0 Å². The molecule has 1 saturated heterocycles. The first-order chi connectivity index (χ1) is 12.7. The quantitative estimate of drug-likeness (QED) is 0.629. The lowest BCUT2D eigenvalue weighted by atomic mass is 10.3. The topological polar surface area (TPSA) is 43.2 Å². The molecular formula is C19H19ClN4S2. The van der Waals surface area contributed by atoms with Gasteiger partial charge >= 0.3 is 0 Å². The van der Waals surface area contributed by atoms with E-state index in [0.29, 0.717) is 6.42 Å². The number of rotatable bonds is 4. The Hall–Kier alpha value is -1.65. The molecule has 26 heavy (non-hydrogen) atoms. The van der Waals surface area contributed by atoms with Crippen LogP contribution in [0, 0.1) is 11.3 Å². The van der Waals surface area contributed by atoms with E-state index in [2.05, 4.69) is 28.0 Å². The molecule has 0 bridgehead atoms. The van der Waals surface area contributed by atoms with Gasteiger partial charge in [0.05, 0.1) is 22.7 Å². The molecule has 4 rings (SSSR count). The first-order valence-corrected chi connectivity index (χ1v) is 10.7. The van der Waals surface area contributed by atoms with Crippen molar-refractivity contribution in [1.29, 1.82) is 5.26 Å². The normalized spacial score (nSPS) is 15.9. The number of aromatic nitrogens is 1. The fourth-order valence-corrected chi connectivity index (χ4v) is 5.53. The van der Waals surface area contributed by atoms with Gasteiger partial charge in [-0.1, -0.05) is 22.9 Å². The van der Waals surface area contributed by atoms with Crippen LogP contribution in [0.25, 0.3) is 10.2 Å². The molecule has 3 aromatic rings. The minimum Gasteiger partial charge on any atom is -0.347 e. The maximum Gasteiger partial charge on any atom is 0.186 e. The van der Waals surface area contributed by atoms with Crippen LogP contribution < -0.4 is 4.90 Å². The smallest absolute Gasteiger partial charge is 0.186 e. The third kappa shape index (κ3) is 4.02. The Labute approximate surface area is 166 Å². The molecule has 134 valence electrons. The van der Waals surface area contributed by atoms with E-state index in [9.17, 15) is 0 Å². The molecule has 0 radical (unpaired) electrons. The van der Waals surface area contributed by atoms with Gasteiger partial charge in [0.2, 0.25) is 0 Å². The average molecular weight is 403 g/mol. The first kappa shape index (κ1) is 17.7. The van der Waals surface area contributed by atoms with Crippen LogP contribution in [-0.4, -0.2) is 36.1 Å². The zero-order valence-corrected chi connectivity index (χ0v) is 16.7. The molecule has 1 fully saturated rings. The summed E-state index contributed by atoms with van der Waals surface area (Å²) in [4.78, 5) is 12.2. The van der Waals surface area contributed by atoms with Crippen LogP contribution in [0.4, 0.5) is 5.13 Å². The molecule has 0 saturated carbocycles. The highest BCUT2D eigenvalue weighted by molar-refractivity contribution is 7.22. The van der Waals surface area contributed by atoms with E-state index in [1.165, 1.54) is 4.88 Å². The van der Waals surface area contributed by atoms with Crippen LogP contribution in [-0.2, 0) is 13.0 Å². The third-order valence-corrected chi connectivity index (χ3v) is 6.93. The summed E-state index contributed by atoms with van der Waals surface area (Å²) < 4.78 is 1.15. The van der Waals surface area contributed by atoms with Gasteiger partial charge in [-0.25, -0.2) is 4.98 Å². The van der Waals surface area contributed by atoms with Crippen molar-refractivity contribution in [3.63, 3.8) is 0 Å². The zero-order valence-electron chi connectivity index (χ0n) is 14.3. The van der Waals surface area contributed by atoms with E-state index in [4.69, 9.17) is 21.8 Å². The molecule has 0 aliphatic carbocycles. The number of nitriles is 1. The summed E-state index contributed by atoms with van der Waals surface area (Å²) in [5, 5.41) is 10.7. The molecule has 3 heterocycles. The number of anilines is 1. The van der Waals surface area contributed by atoms with Crippen molar-refractivity contribution in [2.75, 3.05) is 31.1 Å². The number of thiophene rings is 1. The van der Waals surface area contributed by atoms with Gasteiger partial charge in [-0.05, 0) is 36.8 Å². The maximum atomic E-state index is 8.82. The van der Waals surface area contributed by atoms with Gasteiger partial charge in [-0.3, -0.25) is 4.90 Å². The van der Waals surface area contributed by atoms with Crippen molar-refractivity contribution in [3.8, 4) is 6.07 Å². The molecule has 1 aliphatic rings. The molecule has 0 amide bonds. The van der Waals surface area contributed by atoms with Crippen LogP contribution in [0.15, 0.2) is 30.3 Å². The van der Waals surface area contributed by atoms with Crippen molar-refractivity contribution in [1.82, 2.24) is 9.88 Å². The number of halogens is 1. The summed E-state index contributed by atoms with van der Waals surface area (Å²) in [7, 11) is 0. The van der Waals surface area contributed by atoms with Gasteiger partial charge in [0.1, 0.15) is 0 Å². The Kier molecular flexibility index (Phi) is 5.41. The molecular weight excluding hydrogens is 384 g/mol. The maximum absolute atomic E-state index is 8.82. The summed E-state index contributed by atoms with van der Waals surface area (Å²) >= 11 is 9.58. The number of fused-ring (bicyclic) bond motifs is 1. The van der Waals surface area contributed by atoms with Crippen LogP contribution in [0.2, 0.25) is 5.02 Å². The van der Waals surface area contributed by atoms with Gasteiger partial charge in [-0.2, -0.15) is 5.26 Å². The Balaban J connectivity index is 1.41. The number of hydrogen-bond donors (Lipinski definition) is 0. The molecule has 0 atom stereocenters. The lowest BCUT2D eigenvalue weighted by Crippen LogP contribution is -2.30. The van der Waals surface area contributed by atoms with E-state index >= 15 is 0 Å². The van der Waals surface area contributed by atoms with E-state index in [1.54, 1.807) is 22.7 Å². The highest BCUT2D eigenvalue weighted by Gasteiger charge is 2.18. The van der Waals surface area contributed by atoms with Gasteiger partial charge in [-0.15, -0.1) is 11.3 Å². The minimum absolute atomic E-state index is 0.514. The van der Waals surface area contributed by atoms with Crippen LogP contribution >= 0.6 is 34.3 Å². The monoisotopic (exact) mass is 402 g/mol. The second-order valence-electron chi connectivity index (χ2n) is 6.43. The lowest BCUT2D eigenvalue weighted by molar-refractivity contribution is 0.288. The fraction of sp³-hybridized carbons (Fsp3) is 0.368. The van der Waals surface area contributed by atoms with Crippen molar-refractivity contribution >= 4 is 49.6 Å². The molecule has 4 nitrogen and oxygen atoms in total. The van der Waals surface area contributed by atoms with Crippen LogP contribution in [0.1, 0.15) is 16.2 Å². The second kappa shape index (κ2) is 7.93. The van der Waals surface area contributed by atoms with Crippen molar-refractivity contribution in [3.05, 3.63) is 45.1 Å². The number of thiazole rings is 1. The molecule has 0 spiro atoms. The molecule has 2 aromatic heterocycles. The largest absolute Gasteiger partial charge is 0.347 e. The van der Waals surface area contributed by atoms with Gasteiger partial charge in [0, 0.05) is 47.5 Å². The lowest BCUT2D eigenvalue weighted by Gasteiger charge is -2.20. The summed E-state index contributed by atoms with van der Waals surface area (Å²) in [6, 6.07) is 12.4. The Morgan fingerprint density at radius 2 is 1.96 bits per heavy atom. The van der Waals surface area contributed by atoms with E-state index in [1.807, 2.05) is 18.2 Å². The number of nitrogens with zero attached hydrogens (tertiary/aromatic N) is 4. The SMILES string of the molecule is N#CCc1ccc(CN2CCCN(c3nc4ccc(Cl)cc4s3)CC2)s1. The van der Waals surface area contributed by atoms with Crippen LogP contribution in [0.3, 0.4) is 0 Å². The highest BCUT2D eigenvalue weighted by Crippen LogP contribution is 2.31. The Bertz CT molecular complexity index is 943. The summed E-state index contributed by atoms with van der Waals surface area (Å²) in [5.74, 6) is 0. The minimum atomic E-state index is 0.514. The summed E-state index contributed by atoms with van der Waals surface area (Å²) in [5.41, 5.74) is 1.03. The second-order valence-corrected chi connectivity index (χ2v) is 9.13. The highest BCUT2D eigenvalue weighted by atomic mass is 35.5. The van der Waals surface area contributed by atoms with E-state index < -0.39 is 0 Å². The zero-order chi connectivity index (χ0) is 17.9. The standard InChI is InChI=1S/C19H19ClN4S2/c20-14-2-5-17-18(12-14)26-19(22-17)24-9-1-8-23(10-11-24)13-16-4-3-15(25-16)6-7-21/h2-5,12H,1,6,8-11,13H2. The number of hydrogen-bond acceptors (Lipinski definition) is 6. The molecule has 7 heteroatoms. The summed E-state index contributed by atoms with van der Waals surface area (Å²) in [6.07, 6.45) is 1.65.